The predicted octanol–water partition coefficient (Wildman–Crippen LogP) is 0.761. The normalized spacial score (nSPS) is 13.1. The van der Waals surface area contributed by atoms with Gasteiger partial charge < -0.3 is 10.6 Å². The third-order valence-corrected chi connectivity index (χ3v) is 2.18. The minimum Gasteiger partial charge on any atom is -0.330 e. The highest BCUT2D eigenvalue weighted by Crippen LogP contribution is 2.05. The van der Waals surface area contributed by atoms with Crippen LogP contribution in [0.3, 0.4) is 0 Å². The average Bonchev–Trinajstić information content (AvgIpc) is 2.17. The maximum Gasteiger partial charge on any atom is 0.0407 e. The number of rotatable bonds is 5. The Kier molecular flexibility index (Phi) is 4.56. The monoisotopic (exact) mass is 193 g/mol. The summed E-state index contributed by atoms with van der Waals surface area (Å²) in [5.41, 5.74) is 6.84. The van der Waals surface area contributed by atoms with Crippen molar-refractivity contribution in [3.05, 3.63) is 30.1 Å². The van der Waals surface area contributed by atoms with Crippen molar-refractivity contribution < 1.29 is 0 Å². The molecule has 0 aliphatic rings. The van der Waals surface area contributed by atoms with Crippen molar-refractivity contribution in [2.45, 2.75) is 6.42 Å². The Labute approximate surface area is 85.9 Å². The van der Waals surface area contributed by atoms with Crippen molar-refractivity contribution in [1.82, 2.24) is 9.88 Å². The van der Waals surface area contributed by atoms with Gasteiger partial charge in [-0.15, -0.1) is 0 Å². The molecule has 1 aromatic heterocycles. The van der Waals surface area contributed by atoms with Crippen LogP contribution in [0.15, 0.2) is 24.4 Å². The molecular formula is C11H19N3. The van der Waals surface area contributed by atoms with Crippen molar-refractivity contribution in [2.75, 3.05) is 27.2 Å². The molecule has 0 amide bonds. The van der Waals surface area contributed by atoms with E-state index in [1.165, 1.54) is 0 Å². The molecule has 0 aliphatic carbocycles. The van der Waals surface area contributed by atoms with E-state index in [0.29, 0.717) is 5.92 Å². The van der Waals surface area contributed by atoms with E-state index in [-0.39, 0.29) is 0 Å². The summed E-state index contributed by atoms with van der Waals surface area (Å²) in [4.78, 5) is 6.47. The molecule has 2 N–H and O–H groups in total. The second kappa shape index (κ2) is 5.73. The van der Waals surface area contributed by atoms with Gasteiger partial charge in [-0.3, -0.25) is 4.98 Å². The van der Waals surface area contributed by atoms with Crippen LogP contribution in [0.2, 0.25) is 0 Å². The molecule has 1 rings (SSSR count). The highest BCUT2D eigenvalue weighted by Gasteiger charge is 2.09. The summed E-state index contributed by atoms with van der Waals surface area (Å²) in [6.45, 7) is 1.74. The van der Waals surface area contributed by atoms with Gasteiger partial charge in [0.25, 0.3) is 0 Å². The SMILES string of the molecule is CN(C)CC(CN)Cc1ccccn1. The standard InChI is InChI=1S/C11H19N3/c1-14(2)9-10(8-12)7-11-5-3-4-6-13-11/h3-6,10H,7-9,12H2,1-2H3. The van der Waals surface area contributed by atoms with Crippen LogP contribution in [0, 0.1) is 5.92 Å². The molecule has 78 valence electrons. The number of aromatic nitrogens is 1. The summed E-state index contributed by atoms with van der Waals surface area (Å²) >= 11 is 0. The molecule has 0 aromatic carbocycles. The number of nitrogens with two attached hydrogens (primary N) is 1. The predicted molar refractivity (Wildman–Crippen MR) is 59.0 cm³/mol. The van der Waals surface area contributed by atoms with Crippen LogP contribution in [-0.4, -0.2) is 37.1 Å². The molecule has 0 aliphatic heterocycles. The molecule has 3 heteroatoms. The number of pyridine rings is 1. The van der Waals surface area contributed by atoms with Crippen LogP contribution >= 0.6 is 0 Å². The van der Waals surface area contributed by atoms with Crippen molar-refractivity contribution in [1.29, 1.82) is 0 Å². The van der Waals surface area contributed by atoms with Crippen LogP contribution in [0.4, 0.5) is 0 Å². The Morgan fingerprint density at radius 2 is 2.21 bits per heavy atom. The first-order valence-electron chi connectivity index (χ1n) is 4.97. The minimum absolute atomic E-state index is 0.500. The van der Waals surface area contributed by atoms with Crippen molar-refractivity contribution >= 4 is 0 Å². The lowest BCUT2D eigenvalue weighted by Crippen LogP contribution is -2.29. The first-order valence-corrected chi connectivity index (χ1v) is 4.97. The van der Waals surface area contributed by atoms with E-state index in [0.717, 1.165) is 25.2 Å². The fraction of sp³-hybridized carbons (Fsp3) is 0.545. The average molecular weight is 193 g/mol. The Morgan fingerprint density at radius 3 is 2.71 bits per heavy atom. The molecule has 0 saturated heterocycles. The third kappa shape index (κ3) is 3.85. The molecule has 0 saturated carbocycles. The van der Waals surface area contributed by atoms with Crippen LogP contribution in [0.5, 0.6) is 0 Å². The summed E-state index contributed by atoms with van der Waals surface area (Å²) in [6, 6.07) is 6.01. The molecule has 1 aromatic rings. The molecule has 0 radical (unpaired) electrons. The van der Waals surface area contributed by atoms with Gasteiger partial charge in [0.15, 0.2) is 0 Å². The van der Waals surface area contributed by atoms with Gasteiger partial charge in [0, 0.05) is 18.4 Å². The maximum atomic E-state index is 5.71. The summed E-state index contributed by atoms with van der Waals surface area (Å²) in [6.07, 6.45) is 2.80. The van der Waals surface area contributed by atoms with E-state index < -0.39 is 0 Å². The Bertz CT molecular complexity index is 246. The maximum absolute atomic E-state index is 5.71. The van der Waals surface area contributed by atoms with Gasteiger partial charge in [-0.1, -0.05) is 6.07 Å². The largest absolute Gasteiger partial charge is 0.330 e. The molecule has 1 heterocycles. The second-order valence-electron chi connectivity index (χ2n) is 3.89. The van der Waals surface area contributed by atoms with Crippen LogP contribution in [-0.2, 0) is 6.42 Å². The zero-order valence-corrected chi connectivity index (χ0v) is 8.98. The molecule has 1 atom stereocenters. The van der Waals surface area contributed by atoms with E-state index in [9.17, 15) is 0 Å². The van der Waals surface area contributed by atoms with Crippen LogP contribution in [0.1, 0.15) is 5.69 Å². The number of hydrogen-bond acceptors (Lipinski definition) is 3. The van der Waals surface area contributed by atoms with E-state index in [1.54, 1.807) is 0 Å². The Morgan fingerprint density at radius 1 is 1.43 bits per heavy atom. The van der Waals surface area contributed by atoms with Gasteiger partial charge in [-0.05, 0) is 45.1 Å². The van der Waals surface area contributed by atoms with Crippen LogP contribution < -0.4 is 5.73 Å². The molecule has 3 nitrogen and oxygen atoms in total. The first kappa shape index (κ1) is 11.1. The highest BCUT2D eigenvalue weighted by atomic mass is 15.1. The van der Waals surface area contributed by atoms with Crippen LogP contribution in [0.25, 0.3) is 0 Å². The fourth-order valence-corrected chi connectivity index (χ4v) is 1.55. The summed E-state index contributed by atoms with van der Waals surface area (Å²) < 4.78 is 0. The van der Waals surface area contributed by atoms with E-state index in [4.69, 9.17) is 5.73 Å². The van der Waals surface area contributed by atoms with Gasteiger partial charge in [0.05, 0.1) is 0 Å². The Balaban J connectivity index is 2.48. The highest BCUT2D eigenvalue weighted by molar-refractivity contribution is 5.04. The first-order chi connectivity index (χ1) is 6.72. The number of hydrogen-bond donors (Lipinski definition) is 1. The summed E-state index contributed by atoms with van der Waals surface area (Å²) in [5.74, 6) is 0.500. The summed E-state index contributed by atoms with van der Waals surface area (Å²) in [5, 5.41) is 0. The third-order valence-electron chi connectivity index (χ3n) is 2.18. The Hall–Kier alpha value is -0.930. The van der Waals surface area contributed by atoms with Crippen molar-refractivity contribution in [3.63, 3.8) is 0 Å². The van der Waals surface area contributed by atoms with Crippen molar-refractivity contribution in [3.8, 4) is 0 Å². The molecule has 1 unspecified atom stereocenters. The van der Waals surface area contributed by atoms with Gasteiger partial charge in [0.1, 0.15) is 0 Å². The molecule has 0 spiro atoms. The van der Waals surface area contributed by atoms with E-state index in [1.807, 2.05) is 18.3 Å². The zero-order valence-electron chi connectivity index (χ0n) is 8.98. The van der Waals surface area contributed by atoms with Crippen molar-refractivity contribution in [2.24, 2.45) is 11.7 Å². The molecule has 0 fully saturated rings. The number of nitrogens with zero attached hydrogens (tertiary/aromatic N) is 2. The molecule has 0 bridgehead atoms. The summed E-state index contributed by atoms with van der Waals surface area (Å²) in [7, 11) is 4.14. The second-order valence-corrected chi connectivity index (χ2v) is 3.89. The van der Waals surface area contributed by atoms with Gasteiger partial charge >= 0.3 is 0 Å². The smallest absolute Gasteiger partial charge is 0.0407 e. The van der Waals surface area contributed by atoms with Gasteiger partial charge in [0.2, 0.25) is 0 Å². The minimum atomic E-state index is 0.500. The fourth-order valence-electron chi connectivity index (χ4n) is 1.55. The lowest BCUT2D eigenvalue weighted by Gasteiger charge is -2.18. The van der Waals surface area contributed by atoms with E-state index >= 15 is 0 Å². The zero-order chi connectivity index (χ0) is 10.4. The lowest BCUT2D eigenvalue weighted by atomic mass is 10.0. The molecular weight excluding hydrogens is 174 g/mol. The van der Waals surface area contributed by atoms with E-state index in [2.05, 4.69) is 30.0 Å². The topological polar surface area (TPSA) is 42.1 Å². The van der Waals surface area contributed by atoms with Gasteiger partial charge in [-0.25, -0.2) is 0 Å². The molecule has 14 heavy (non-hydrogen) atoms. The lowest BCUT2D eigenvalue weighted by molar-refractivity contribution is 0.326. The van der Waals surface area contributed by atoms with Gasteiger partial charge in [-0.2, -0.15) is 0 Å². The quantitative estimate of drug-likeness (QED) is 0.750.